The Morgan fingerprint density at radius 3 is 2.57 bits per heavy atom. The number of benzene rings is 2. The third-order valence-electron chi connectivity index (χ3n) is 4.96. The van der Waals surface area contributed by atoms with Crippen LogP contribution >= 0.6 is 0 Å². The lowest BCUT2D eigenvalue weighted by molar-refractivity contribution is -0.137. The van der Waals surface area contributed by atoms with Crippen LogP contribution < -0.4 is 5.32 Å². The van der Waals surface area contributed by atoms with E-state index in [1.165, 1.54) is 12.1 Å². The first kappa shape index (κ1) is 19.9. The quantitative estimate of drug-likeness (QED) is 0.637. The van der Waals surface area contributed by atoms with Crippen molar-refractivity contribution in [2.45, 2.75) is 25.4 Å². The molecule has 0 fully saturated rings. The number of aromatic nitrogens is 1. The topological polar surface area (TPSA) is 68.3 Å². The van der Waals surface area contributed by atoms with Gasteiger partial charge in [-0.3, -0.25) is 9.78 Å². The Bertz CT molecular complexity index is 1140. The number of halogens is 3. The van der Waals surface area contributed by atoms with E-state index in [2.05, 4.69) is 10.3 Å². The van der Waals surface area contributed by atoms with Crippen LogP contribution in [-0.2, 0) is 28.5 Å². The molecule has 0 unspecified atom stereocenters. The molecule has 1 aromatic heterocycles. The molecule has 4 rings (SSSR count). The molecule has 1 aliphatic carbocycles. The lowest BCUT2D eigenvalue weighted by Gasteiger charge is -2.14. The number of carbonyl (C=O) groups excluding carboxylic acids is 2. The van der Waals surface area contributed by atoms with Crippen molar-refractivity contribution in [1.82, 2.24) is 4.98 Å². The number of para-hydroxylation sites is 2. The van der Waals surface area contributed by atoms with E-state index in [-0.39, 0.29) is 5.69 Å². The number of ether oxygens (including phenoxy) is 1. The van der Waals surface area contributed by atoms with Crippen molar-refractivity contribution in [1.29, 1.82) is 0 Å². The molecule has 154 valence electrons. The average molecular weight is 414 g/mol. The zero-order valence-corrected chi connectivity index (χ0v) is 15.8. The van der Waals surface area contributed by atoms with Gasteiger partial charge in [-0.25, -0.2) is 4.79 Å². The van der Waals surface area contributed by atoms with Crippen molar-refractivity contribution in [3.05, 3.63) is 70.9 Å². The maximum absolute atomic E-state index is 13.1. The van der Waals surface area contributed by atoms with Gasteiger partial charge < -0.3 is 10.1 Å². The van der Waals surface area contributed by atoms with Gasteiger partial charge in [-0.15, -0.1) is 0 Å². The van der Waals surface area contributed by atoms with E-state index in [1.54, 1.807) is 18.2 Å². The number of alkyl halides is 3. The molecular formula is C22H17F3N2O3. The zero-order valence-electron chi connectivity index (χ0n) is 15.8. The van der Waals surface area contributed by atoms with Crippen LogP contribution in [0.5, 0.6) is 0 Å². The third kappa shape index (κ3) is 3.85. The number of pyridine rings is 1. The van der Waals surface area contributed by atoms with Crippen molar-refractivity contribution in [3.8, 4) is 0 Å². The van der Waals surface area contributed by atoms with Gasteiger partial charge in [0.25, 0.3) is 5.91 Å². The highest BCUT2D eigenvalue weighted by atomic mass is 19.4. The molecule has 0 atom stereocenters. The summed E-state index contributed by atoms with van der Waals surface area (Å²) in [6, 6.07) is 11.8. The largest absolute Gasteiger partial charge is 0.452 e. The van der Waals surface area contributed by atoms with E-state index >= 15 is 0 Å². The SMILES string of the molecule is O=C(COC(=O)c1c2c(nc3ccccc13)CCC2)Nc1ccccc1C(F)(F)F. The number of anilines is 1. The molecule has 0 aliphatic heterocycles. The van der Waals surface area contributed by atoms with Crippen LogP contribution in [0.2, 0.25) is 0 Å². The summed E-state index contributed by atoms with van der Waals surface area (Å²) in [6.07, 6.45) is -2.30. The number of carbonyl (C=O) groups is 2. The number of fused-ring (bicyclic) bond motifs is 2. The number of amides is 1. The molecule has 0 bridgehead atoms. The van der Waals surface area contributed by atoms with Crippen LogP contribution in [0, 0.1) is 0 Å². The normalized spacial score (nSPS) is 13.2. The highest BCUT2D eigenvalue weighted by Gasteiger charge is 2.33. The van der Waals surface area contributed by atoms with Crippen molar-refractivity contribution in [3.63, 3.8) is 0 Å². The highest BCUT2D eigenvalue weighted by molar-refractivity contribution is 6.06. The van der Waals surface area contributed by atoms with E-state index in [0.717, 1.165) is 36.2 Å². The maximum Gasteiger partial charge on any atom is 0.418 e. The molecule has 5 nitrogen and oxygen atoms in total. The van der Waals surface area contributed by atoms with Gasteiger partial charge in [0, 0.05) is 11.1 Å². The summed E-state index contributed by atoms with van der Waals surface area (Å²) in [4.78, 5) is 29.5. The molecule has 30 heavy (non-hydrogen) atoms. The van der Waals surface area contributed by atoms with E-state index in [1.807, 2.05) is 6.07 Å². The smallest absolute Gasteiger partial charge is 0.418 e. The number of esters is 1. The van der Waals surface area contributed by atoms with Gasteiger partial charge in [0.2, 0.25) is 0 Å². The molecule has 0 saturated carbocycles. The first-order chi connectivity index (χ1) is 14.3. The number of nitrogens with one attached hydrogen (secondary N) is 1. The average Bonchev–Trinajstić information content (AvgIpc) is 3.17. The van der Waals surface area contributed by atoms with Crippen LogP contribution in [0.1, 0.15) is 33.6 Å². The van der Waals surface area contributed by atoms with E-state index < -0.39 is 30.2 Å². The summed E-state index contributed by atoms with van der Waals surface area (Å²) < 4.78 is 44.4. The molecule has 2 aromatic carbocycles. The minimum atomic E-state index is -4.61. The molecule has 0 spiro atoms. The van der Waals surface area contributed by atoms with Gasteiger partial charge in [0.15, 0.2) is 6.61 Å². The van der Waals surface area contributed by atoms with Crippen molar-refractivity contribution >= 4 is 28.5 Å². The fourth-order valence-corrected chi connectivity index (χ4v) is 3.67. The fourth-order valence-electron chi connectivity index (χ4n) is 3.67. The molecule has 1 aliphatic rings. The Balaban J connectivity index is 1.52. The van der Waals surface area contributed by atoms with Gasteiger partial charge in [0.05, 0.1) is 22.3 Å². The van der Waals surface area contributed by atoms with Gasteiger partial charge in [-0.1, -0.05) is 30.3 Å². The number of rotatable bonds is 4. The lowest BCUT2D eigenvalue weighted by atomic mass is 10.0. The molecule has 0 saturated heterocycles. The van der Waals surface area contributed by atoms with E-state index in [0.29, 0.717) is 22.9 Å². The third-order valence-corrected chi connectivity index (χ3v) is 4.96. The second-order valence-corrected chi connectivity index (χ2v) is 6.95. The standard InChI is InChI=1S/C22H17F3N2O3/c23-22(24,25)15-8-2-4-10-18(15)27-19(28)12-30-21(29)20-13-6-1-3-9-16(13)26-17-11-5-7-14(17)20/h1-4,6,8-10H,5,7,11-12H2,(H,27,28). The predicted octanol–water partition coefficient (Wildman–Crippen LogP) is 4.54. The van der Waals surface area contributed by atoms with Gasteiger partial charge in [-0.05, 0) is 43.0 Å². The number of hydrogen-bond acceptors (Lipinski definition) is 4. The second kappa shape index (κ2) is 7.78. The molecule has 3 aromatic rings. The number of aryl methyl sites for hydroxylation is 1. The Kier molecular flexibility index (Phi) is 5.15. The summed E-state index contributed by atoms with van der Waals surface area (Å²) in [5, 5.41) is 2.80. The maximum atomic E-state index is 13.1. The first-order valence-corrected chi connectivity index (χ1v) is 9.38. The highest BCUT2D eigenvalue weighted by Crippen LogP contribution is 2.34. The van der Waals surface area contributed by atoms with E-state index in [9.17, 15) is 22.8 Å². The van der Waals surface area contributed by atoms with Crippen LogP contribution in [0.15, 0.2) is 48.5 Å². The number of nitrogens with zero attached hydrogens (tertiary/aromatic N) is 1. The van der Waals surface area contributed by atoms with Crippen LogP contribution in [0.25, 0.3) is 10.9 Å². The molecule has 8 heteroatoms. The Morgan fingerprint density at radius 1 is 1.03 bits per heavy atom. The van der Waals surface area contributed by atoms with Gasteiger partial charge >= 0.3 is 12.1 Å². The van der Waals surface area contributed by atoms with Crippen molar-refractivity contribution in [2.75, 3.05) is 11.9 Å². The number of hydrogen-bond donors (Lipinski definition) is 1. The van der Waals surface area contributed by atoms with Gasteiger partial charge in [-0.2, -0.15) is 13.2 Å². The second-order valence-electron chi connectivity index (χ2n) is 6.95. The monoisotopic (exact) mass is 414 g/mol. The van der Waals surface area contributed by atoms with Gasteiger partial charge in [0.1, 0.15) is 0 Å². The summed E-state index contributed by atoms with van der Waals surface area (Å²) in [5.74, 6) is -1.54. The molecule has 1 amide bonds. The first-order valence-electron chi connectivity index (χ1n) is 9.38. The predicted molar refractivity (Wildman–Crippen MR) is 104 cm³/mol. The molecule has 1 heterocycles. The summed E-state index contributed by atoms with van der Waals surface area (Å²) in [5.41, 5.74) is 1.32. The fraction of sp³-hybridized carbons (Fsp3) is 0.227. The minimum Gasteiger partial charge on any atom is -0.452 e. The molecule has 1 N–H and O–H groups in total. The zero-order chi connectivity index (χ0) is 21.3. The Morgan fingerprint density at radius 2 is 1.77 bits per heavy atom. The van der Waals surface area contributed by atoms with Crippen LogP contribution in [-0.4, -0.2) is 23.5 Å². The Hall–Kier alpha value is -3.42. The molecule has 0 radical (unpaired) electrons. The van der Waals surface area contributed by atoms with Crippen LogP contribution in [0.3, 0.4) is 0 Å². The Labute approximate surface area is 169 Å². The van der Waals surface area contributed by atoms with E-state index in [4.69, 9.17) is 4.74 Å². The lowest BCUT2D eigenvalue weighted by Crippen LogP contribution is -2.23. The summed E-state index contributed by atoms with van der Waals surface area (Å²) in [7, 11) is 0. The van der Waals surface area contributed by atoms with Crippen molar-refractivity contribution < 1.29 is 27.5 Å². The van der Waals surface area contributed by atoms with Crippen molar-refractivity contribution in [2.24, 2.45) is 0 Å². The summed E-state index contributed by atoms with van der Waals surface area (Å²) >= 11 is 0. The van der Waals surface area contributed by atoms with Crippen LogP contribution in [0.4, 0.5) is 18.9 Å². The minimum absolute atomic E-state index is 0.372. The molecular weight excluding hydrogens is 397 g/mol. The summed E-state index contributed by atoms with van der Waals surface area (Å²) in [6.45, 7) is -0.698.